The molecular formula is C8H20N2. The zero-order valence-electron chi connectivity index (χ0n) is 7.59. The highest BCUT2D eigenvalue weighted by molar-refractivity contribution is 5.51. The Labute approximate surface area is 64.9 Å². The van der Waals surface area contributed by atoms with Crippen molar-refractivity contribution in [3.05, 3.63) is 12.7 Å². The molecule has 0 aromatic carbocycles. The van der Waals surface area contributed by atoms with Gasteiger partial charge >= 0.3 is 0 Å². The molecule has 0 aliphatic rings. The second-order valence-corrected chi connectivity index (χ2v) is 0.803. The summed E-state index contributed by atoms with van der Waals surface area (Å²) >= 11 is 0. The average Bonchev–Trinajstić information content (AvgIpc) is 2.08. The number of nitrogens with two attached hydrogens (primary N) is 1. The van der Waals surface area contributed by atoms with E-state index in [4.69, 9.17) is 5.73 Å². The van der Waals surface area contributed by atoms with Crippen molar-refractivity contribution in [2.75, 3.05) is 6.54 Å². The lowest BCUT2D eigenvalue weighted by Gasteiger charge is -1.72. The maximum absolute atomic E-state index is 4.88. The van der Waals surface area contributed by atoms with E-state index in [-0.39, 0.29) is 0 Å². The third-order valence-electron chi connectivity index (χ3n) is 0.340. The van der Waals surface area contributed by atoms with Gasteiger partial charge in [0.2, 0.25) is 0 Å². The minimum Gasteiger partial charge on any atom is -0.390 e. The van der Waals surface area contributed by atoms with Gasteiger partial charge in [0.05, 0.1) is 12.9 Å². The van der Waals surface area contributed by atoms with Crippen LogP contribution in [0.2, 0.25) is 0 Å². The van der Waals surface area contributed by atoms with Crippen molar-refractivity contribution in [3.63, 3.8) is 0 Å². The smallest absolute Gasteiger partial charge is 0.0801 e. The normalized spacial score (nSPS) is 6.80. The molecule has 0 saturated carbocycles. The van der Waals surface area contributed by atoms with E-state index in [1.54, 1.807) is 6.08 Å². The van der Waals surface area contributed by atoms with Crippen molar-refractivity contribution >= 4 is 6.34 Å². The van der Waals surface area contributed by atoms with Crippen LogP contribution in [0.5, 0.6) is 0 Å². The van der Waals surface area contributed by atoms with Gasteiger partial charge in [-0.25, -0.2) is 0 Å². The van der Waals surface area contributed by atoms with Crippen LogP contribution in [-0.4, -0.2) is 12.9 Å². The largest absolute Gasteiger partial charge is 0.390 e. The Morgan fingerprint density at radius 1 is 1.30 bits per heavy atom. The monoisotopic (exact) mass is 144 g/mol. The molecule has 0 spiro atoms. The summed E-state index contributed by atoms with van der Waals surface area (Å²) in [6, 6.07) is 0. The van der Waals surface area contributed by atoms with Crippen LogP contribution in [-0.2, 0) is 0 Å². The summed E-state index contributed by atoms with van der Waals surface area (Å²) in [5.74, 6) is 0. The van der Waals surface area contributed by atoms with E-state index < -0.39 is 0 Å². The van der Waals surface area contributed by atoms with Gasteiger partial charge in [0.25, 0.3) is 0 Å². The molecule has 0 aromatic heterocycles. The number of rotatable bonds is 2. The Hall–Kier alpha value is -0.790. The number of hydrogen-bond donors (Lipinski definition) is 1. The molecule has 0 saturated heterocycles. The minimum atomic E-state index is 0.622. The summed E-state index contributed by atoms with van der Waals surface area (Å²) in [5.41, 5.74) is 4.88. The molecule has 0 radical (unpaired) electrons. The Morgan fingerprint density at radius 3 is 1.80 bits per heavy atom. The maximum atomic E-state index is 4.88. The standard InChI is InChI=1S/C4H8N2.2C2H6/c1-2-3-6-4-5;2*1-2/h2,4H,1,3H2,(H2,5,6);2*1-2H3. The van der Waals surface area contributed by atoms with Crippen LogP contribution in [0.15, 0.2) is 17.6 Å². The van der Waals surface area contributed by atoms with Gasteiger partial charge < -0.3 is 5.73 Å². The lowest BCUT2D eigenvalue weighted by Crippen LogP contribution is -1.88. The van der Waals surface area contributed by atoms with Crippen molar-refractivity contribution in [2.45, 2.75) is 27.7 Å². The van der Waals surface area contributed by atoms with Crippen molar-refractivity contribution < 1.29 is 0 Å². The number of aliphatic imine (C=N–C) groups is 1. The molecule has 0 atom stereocenters. The molecular weight excluding hydrogens is 124 g/mol. The summed E-state index contributed by atoms with van der Waals surface area (Å²) in [7, 11) is 0. The van der Waals surface area contributed by atoms with Crippen LogP contribution in [0.25, 0.3) is 0 Å². The van der Waals surface area contributed by atoms with Crippen LogP contribution in [0, 0.1) is 0 Å². The third-order valence-corrected chi connectivity index (χ3v) is 0.340. The number of nitrogens with zero attached hydrogens (tertiary/aromatic N) is 1. The molecule has 2 heteroatoms. The molecule has 0 heterocycles. The van der Waals surface area contributed by atoms with Crippen LogP contribution >= 0.6 is 0 Å². The van der Waals surface area contributed by atoms with Gasteiger partial charge in [0.15, 0.2) is 0 Å². The first-order valence-electron chi connectivity index (χ1n) is 3.72. The molecule has 0 aromatic rings. The second kappa shape index (κ2) is 41.4. The zero-order chi connectivity index (χ0) is 8.83. The van der Waals surface area contributed by atoms with E-state index in [0.717, 1.165) is 0 Å². The van der Waals surface area contributed by atoms with Gasteiger partial charge in [0, 0.05) is 0 Å². The topological polar surface area (TPSA) is 38.4 Å². The summed E-state index contributed by atoms with van der Waals surface area (Å²) in [4.78, 5) is 3.62. The second-order valence-electron chi connectivity index (χ2n) is 0.803. The predicted octanol–water partition coefficient (Wildman–Crippen LogP) is 2.21. The molecule has 0 rings (SSSR count). The highest BCUT2D eigenvalue weighted by Gasteiger charge is 1.57. The van der Waals surface area contributed by atoms with Gasteiger partial charge in [-0.1, -0.05) is 33.8 Å². The molecule has 0 aliphatic carbocycles. The fraction of sp³-hybridized carbons (Fsp3) is 0.625. The van der Waals surface area contributed by atoms with E-state index in [1.165, 1.54) is 6.34 Å². The van der Waals surface area contributed by atoms with Crippen molar-refractivity contribution in [1.29, 1.82) is 0 Å². The summed E-state index contributed by atoms with van der Waals surface area (Å²) in [5, 5.41) is 0. The fourth-order valence-corrected chi connectivity index (χ4v) is 0.135. The van der Waals surface area contributed by atoms with Crippen molar-refractivity contribution in [2.24, 2.45) is 10.7 Å². The van der Waals surface area contributed by atoms with E-state index >= 15 is 0 Å². The zero-order valence-corrected chi connectivity index (χ0v) is 7.59. The molecule has 0 bridgehead atoms. The van der Waals surface area contributed by atoms with Gasteiger partial charge in [-0.05, 0) is 0 Å². The summed E-state index contributed by atoms with van der Waals surface area (Å²) in [6.07, 6.45) is 2.95. The Bertz CT molecular complexity index is 58.3. The SMILES string of the molecule is C=CCN=CN.CC.CC. The number of hydrogen-bond acceptors (Lipinski definition) is 1. The van der Waals surface area contributed by atoms with Gasteiger partial charge in [-0.2, -0.15) is 0 Å². The van der Waals surface area contributed by atoms with Crippen LogP contribution in [0.3, 0.4) is 0 Å². The molecule has 0 aliphatic heterocycles. The lowest BCUT2D eigenvalue weighted by molar-refractivity contribution is 1.26. The first-order valence-corrected chi connectivity index (χ1v) is 3.72. The third kappa shape index (κ3) is 56.9. The predicted molar refractivity (Wildman–Crippen MR) is 50.4 cm³/mol. The van der Waals surface area contributed by atoms with Gasteiger partial charge in [0.1, 0.15) is 0 Å². The molecule has 0 unspecified atom stereocenters. The first kappa shape index (κ1) is 16.1. The Balaban J connectivity index is -0.000000105. The highest BCUT2D eigenvalue weighted by atomic mass is 14.8. The van der Waals surface area contributed by atoms with Crippen LogP contribution < -0.4 is 5.73 Å². The quantitative estimate of drug-likeness (QED) is 0.360. The average molecular weight is 144 g/mol. The first-order chi connectivity index (χ1) is 4.91. The van der Waals surface area contributed by atoms with Crippen LogP contribution in [0.1, 0.15) is 27.7 Å². The van der Waals surface area contributed by atoms with E-state index in [1.807, 2.05) is 27.7 Å². The van der Waals surface area contributed by atoms with E-state index in [2.05, 4.69) is 11.6 Å². The van der Waals surface area contributed by atoms with E-state index in [0.29, 0.717) is 6.54 Å². The molecule has 62 valence electrons. The molecule has 0 fully saturated rings. The Morgan fingerprint density at radius 2 is 1.70 bits per heavy atom. The lowest BCUT2D eigenvalue weighted by atomic mass is 10.7. The minimum absolute atomic E-state index is 0.622. The van der Waals surface area contributed by atoms with Crippen molar-refractivity contribution in [3.8, 4) is 0 Å². The summed E-state index contributed by atoms with van der Waals surface area (Å²) < 4.78 is 0. The maximum Gasteiger partial charge on any atom is 0.0801 e. The van der Waals surface area contributed by atoms with E-state index in [9.17, 15) is 0 Å². The van der Waals surface area contributed by atoms with Crippen molar-refractivity contribution in [1.82, 2.24) is 0 Å². The highest BCUT2D eigenvalue weighted by Crippen LogP contribution is 1.61. The summed E-state index contributed by atoms with van der Waals surface area (Å²) in [6.45, 7) is 12.1. The molecule has 2 nitrogen and oxygen atoms in total. The fourth-order valence-electron chi connectivity index (χ4n) is 0.135. The van der Waals surface area contributed by atoms with Crippen LogP contribution in [0.4, 0.5) is 0 Å². The van der Waals surface area contributed by atoms with Gasteiger partial charge in [-0.15, -0.1) is 6.58 Å². The Kier molecular flexibility index (Phi) is 66.7. The molecule has 10 heavy (non-hydrogen) atoms. The van der Waals surface area contributed by atoms with Gasteiger partial charge in [-0.3, -0.25) is 4.99 Å². The molecule has 2 N–H and O–H groups in total. The molecule has 0 amide bonds.